The average Bonchev–Trinajstić information content (AvgIpc) is 1.51. The number of hydrogen-bond donors (Lipinski definition) is 1. The highest BCUT2D eigenvalue weighted by atomic mass is 15.2. The quantitative estimate of drug-likeness (QED) is 0.614. The summed E-state index contributed by atoms with van der Waals surface area (Å²) in [5, 5.41) is 0. The molecule has 0 radical (unpaired) electrons. The van der Waals surface area contributed by atoms with Crippen molar-refractivity contribution in [3.8, 4) is 0 Å². The molecule has 0 saturated carbocycles. The molecule has 2 nitrogen and oxygen atoms in total. The first kappa shape index (κ1) is 8.60. The Labute approximate surface area is 69.1 Å². The van der Waals surface area contributed by atoms with E-state index in [0.717, 1.165) is 18.8 Å². The van der Waals surface area contributed by atoms with Gasteiger partial charge in [0.15, 0.2) is 0 Å². The van der Waals surface area contributed by atoms with E-state index in [0.29, 0.717) is 11.5 Å². The first-order chi connectivity index (χ1) is 4.91. The fourth-order valence-corrected chi connectivity index (χ4v) is 1.26. The van der Waals surface area contributed by atoms with Gasteiger partial charge in [0.2, 0.25) is 0 Å². The van der Waals surface area contributed by atoms with Gasteiger partial charge in [-0.2, -0.15) is 0 Å². The van der Waals surface area contributed by atoms with Gasteiger partial charge in [0.25, 0.3) is 0 Å². The summed E-state index contributed by atoms with van der Waals surface area (Å²) in [6, 6.07) is 0. The molecule has 0 atom stereocenters. The van der Waals surface area contributed by atoms with E-state index >= 15 is 0 Å². The monoisotopic (exact) mass is 154 g/mol. The molecule has 1 rings (SSSR count). The molecule has 0 aliphatic carbocycles. The Kier molecular flexibility index (Phi) is 1.97. The molecule has 0 aromatic carbocycles. The summed E-state index contributed by atoms with van der Waals surface area (Å²) in [5.41, 5.74) is 6.72. The van der Waals surface area contributed by atoms with Crippen LogP contribution in [0.15, 0.2) is 12.3 Å². The lowest BCUT2D eigenvalue weighted by Gasteiger charge is -2.47. The van der Waals surface area contributed by atoms with Crippen molar-refractivity contribution >= 4 is 0 Å². The maximum absolute atomic E-state index is 5.58. The molecule has 0 amide bonds. The second kappa shape index (κ2) is 2.52. The van der Waals surface area contributed by atoms with E-state index in [1.54, 1.807) is 0 Å². The summed E-state index contributed by atoms with van der Waals surface area (Å²) in [6.07, 6.45) is 0. The predicted octanol–water partition coefficient (Wildman–Crippen LogP) is 1.19. The van der Waals surface area contributed by atoms with Gasteiger partial charge in [0.1, 0.15) is 0 Å². The van der Waals surface area contributed by atoms with Crippen molar-refractivity contribution in [2.75, 3.05) is 13.1 Å². The Morgan fingerprint density at radius 2 is 1.91 bits per heavy atom. The first-order valence-electron chi connectivity index (χ1n) is 4.10. The van der Waals surface area contributed by atoms with Crippen LogP contribution >= 0.6 is 0 Å². The molecule has 11 heavy (non-hydrogen) atoms. The molecule has 0 aromatic heterocycles. The lowest BCUT2D eigenvalue weighted by Crippen LogP contribution is -2.56. The van der Waals surface area contributed by atoms with Crippen LogP contribution in [-0.4, -0.2) is 23.5 Å². The van der Waals surface area contributed by atoms with Crippen LogP contribution in [0.4, 0.5) is 0 Å². The fraction of sp³-hybridized carbons (Fsp3) is 0.778. The molecular formula is C9H18N2. The Bertz CT molecular complexity index is 161. The van der Waals surface area contributed by atoms with Crippen molar-refractivity contribution in [2.24, 2.45) is 11.7 Å². The van der Waals surface area contributed by atoms with Gasteiger partial charge in [0.05, 0.1) is 0 Å². The highest BCUT2D eigenvalue weighted by Crippen LogP contribution is 2.27. The second-order valence-corrected chi connectivity index (χ2v) is 4.35. The fourth-order valence-electron chi connectivity index (χ4n) is 1.26. The van der Waals surface area contributed by atoms with E-state index in [1.807, 2.05) is 0 Å². The lowest BCUT2D eigenvalue weighted by molar-refractivity contribution is 0.0294. The molecule has 64 valence electrons. The van der Waals surface area contributed by atoms with Gasteiger partial charge in [-0.25, -0.2) is 0 Å². The predicted molar refractivity (Wildman–Crippen MR) is 48.1 cm³/mol. The minimum Gasteiger partial charge on any atom is -0.402 e. The second-order valence-electron chi connectivity index (χ2n) is 4.35. The molecule has 0 bridgehead atoms. The smallest absolute Gasteiger partial charge is 0.0234 e. The molecule has 0 aromatic rings. The maximum Gasteiger partial charge on any atom is 0.0234 e. The van der Waals surface area contributed by atoms with Gasteiger partial charge in [-0.15, -0.1) is 0 Å². The van der Waals surface area contributed by atoms with E-state index < -0.39 is 0 Å². The summed E-state index contributed by atoms with van der Waals surface area (Å²) in [7, 11) is 0. The van der Waals surface area contributed by atoms with Crippen molar-refractivity contribution < 1.29 is 0 Å². The largest absolute Gasteiger partial charge is 0.402 e. The molecule has 1 fully saturated rings. The van der Waals surface area contributed by atoms with Crippen molar-refractivity contribution in [3.05, 3.63) is 12.3 Å². The summed E-state index contributed by atoms with van der Waals surface area (Å²) >= 11 is 0. The molecule has 0 unspecified atom stereocenters. The standard InChI is InChI=1S/C9H18N2/c1-7(10)8-5-11(6-8)9(2,3)4/h8H,1,5-6,10H2,2-4H3. The van der Waals surface area contributed by atoms with Crippen molar-refractivity contribution in [1.82, 2.24) is 4.90 Å². The van der Waals surface area contributed by atoms with E-state index in [4.69, 9.17) is 5.73 Å². The van der Waals surface area contributed by atoms with Gasteiger partial charge in [-0.3, -0.25) is 4.90 Å². The summed E-state index contributed by atoms with van der Waals surface area (Å²) in [4.78, 5) is 2.41. The number of likely N-dealkylation sites (tertiary alicyclic amines) is 1. The van der Waals surface area contributed by atoms with Crippen LogP contribution in [-0.2, 0) is 0 Å². The normalized spacial score (nSPS) is 21.4. The minimum atomic E-state index is 0.298. The summed E-state index contributed by atoms with van der Waals surface area (Å²) in [6.45, 7) is 12.6. The molecule has 1 aliphatic rings. The van der Waals surface area contributed by atoms with Gasteiger partial charge < -0.3 is 5.73 Å². The Balaban J connectivity index is 2.35. The van der Waals surface area contributed by atoms with Crippen LogP contribution in [0.25, 0.3) is 0 Å². The van der Waals surface area contributed by atoms with Gasteiger partial charge in [-0.1, -0.05) is 6.58 Å². The third-order valence-electron chi connectivity index (χ3n) is 2.35. The van der Waals surface area contributed by atoms with E-state index in [2.05, 4.69) is 32.3 Å². The highest BCUT2D eigenvalue weighted by molar-refractivity contribution is 5.04. The number of hydrogen-bond acceptors (Lipinski definition) is 2. The van der Waals surface area contributed by atoms with E-state index in [-0.39, 0.29) is 0 Å². The maximum atomic E-state index is 5.58. The third-order valence-corrected chi connectivity index (χ3v) is 2.35. The van der Waals surface area contributed by atoms with Crippen LogP contribution in [0.2, 0.25) is 0 Å². The van der Waals surface area contributed by atoms with Crippen LogP contribution in [0.3, 0.4) is 0 Å². The molecule has 1 aliphatic heterocycles. The molecule has 1 saturated heterocycles. The van der Waals surface area contributed by atoms with Gasteiger partial charge >= 0.3 is 0 Å². The average molecular weight is 154 g/mol. The SMILES string of the molecule is C=C(N)C1CN(C(C)(C)C)C1. The Morgan fingerprint density at radius 1 is 1.45 bits per heavy atom. The zero-order valence-corrected chi connectivity index (χ0v) is 7.72. The number of nitrogens with two attached hydrogens (primary N) is 1. The van der Waals surface area contributed by atoms with E-state index in [9.17, 15) is 0 Å². The van der Waals surface area contributed by atoms with Crippen LogP contribution in [0.1, 0.15) is 20.8 Å². The Hall–Kier alpha value is -0.500. The highest BCUT2D eigenvalue weighted by Gasteiger charge is 2.34. The third kappa shape index (κ3) is 1.74. The number of nitrogens with zero attached hydrogens (tertiary/aromatic N) is 1. The topological polar surface area (TPSA) is 29.3 Å². The summed E-state index contributed by atoms with van der Waals surface area (Å²) < 4.78 is 0. The molecule has 2 N–H and O–H groups in total. The van der Waals surface area contributed by atoms with Crippen molar-refractivity contribution in [3.63, 3.8) is 0 Å². The summed E-state index contributed by atoms with van der Waals surface area (Å²) in [5.74, 6) is 0.536. The van der Waals surface area contributed by atoms with Crippen LogP contribution < -0.4 is 5.73 Å². The van der Waals surface area contributed by atoms with Crippen molar-refractivity contribution in [1.29, 1.82) is 0 Å². The first-order valence-corrected chi connectivity index (χ1v) is 4.10. The zero-order chi connectivity index (χ0) is 8.65. The minimum absolute atomic E-state index is 0.298. The van der Waals surface area contributed by atoms with Gasteiger partial charge in [0, 0.05) is 30.2 Å². The molecule has 2 heteroatoms. The zero-order valence-electron chi connectivity index (χ0n) is 7.72. The number of rotatable bonds is 1. The molecular weight excluding hydrogens is 136 g/mol. The van der Waals surface area contributed by atoms with Gasteiger partial charge in [-0.05, 0) is 20.8 Å². The molecule has 1 heterocycles. The Morgan fingerprint density at radius 3 is 2.18 bits per heavy atom. The van der Waals surface area contributed by atoms with Crippen LogP contribution in [0, 0.1) is 5.92 Å². The van der Waals surface area contributed by atoms with Crippen molar-refractivity contribution in [2.45, 2.75) is 26.3 Å². The lowest BCUT2D eigenvalue weighted by atomic mass is 9.91. The van der Waals surface area contributed by atoms with Crippen LogP contribution in [0.5, 0.6) is 0 Å². The van der Waals surface area contributed by atoms with E-state index in [1.165, 1.54) is 0 Å². The molecule has 0 spiro atoms.